The highest BCUT2D eigenvalue weighted by Crippen LogP contribution is 2.28. The fourth-order valence-corrected chi connectivity index (χ4v) is 3.26. The maximum atomic E-state index is 13.1. The molecule has 1 aliphatic heterocycles. The van der Waals surface area contributed by atoms with Gasteiger partial charge in [-0.05, 0) is 22.8 Å². The van der Waals surface area contributed by atoms with E-state index < -0.39 is 0 Å². The molecule has 2 nitrogen and oxygen atoms in total. The highest BCUT2D eigenvalue weighted by atomic mass is 16.1. The number of Topliss-reactive ketones (excluding diaryl/α,β-unsaturated/α-hetero) is 1. The second-order valence-corrected chi connectivity index (χ2v) is 6.27. The van der Waals surface area contributed by atoms with Crippen molar-refractivity contribution in [2.45, 2.75) is 13.1 Å². The van der Waals surface area contributed by atoms with Gasteiger partial charge in [0.1, 0.15) is 0 Å². The van der Waals surface area contributed by atoms with E-state index in [9.17, 15) is 4.79 Å². The number of rotatable bonds is 3. The number of ketones is 1. The molecule has 0 amide bonds. The first kappa shape index (κ1) is 15.4. The number of hydrogen-bond acceptors (Lipinski definition) is 2. The minimum atomic E-state index is 0.0987. The van der Waals surface area contributed by atoms with Crippen LogP contribution in [0.25, 0.3) is 6.08 Å². The Morgan fingerprint density at radius 3 is 2.20 bits per heavy atom. The molecule has 0 radical (unpaired) electrons. The summed E-state index contributed by atoms with van der Waals surface area (Å²) in [5.74, 6) is 0.0987. The zero-order chi connectivity index (χ0) is 17.1. The zero-order valence-electron chi connectivity index (χ0n) is 13.9. The molecule has 122 valence electrons. The summed E-state index contributed by atoms with van der Waals surface area (Å²) in [6.07, 6.45) is 2.00. The molecule has 0 aliphatic carbocycles. The molecule has 3 aromatic rings. The minimum absolute atomic E-state index is 0.0987. The Hall–Kier alpha value is -3.13. The van der Waals surface area contributed by atoms with Gasteiger partial charge in [0.25, 0.3) is 0 Å². The molecule has 0 spiro atoms. The van der Waals surface area contributed by atoms with Gasteiger partial charge in [-0.2, -0.15) is 0 Å². The standard InChI is InChI=1S/C23H19NO/c25-23-21-14-8-7-13-20(21)17-24(16-19-11-5-2-6-12-19)22(23)15-18-9-3-1-4-10-18/h1-15H,16-17H2. The maximum Gasteiger partial charge on any atom is 0.209 e. The Balaban J connectivity index is 1.76. The normalized spacial score (nSPS) is 15.3. The number of carbonyl (C=O) groups excluding carboxylic acids is 1. The van der Waals surface area contributed by atoms with E-state index in [0.717, 1.165) is 35.5 Å². The van der Waals surface area contributed by atoms with Gasteiger partial charge in [-0.15, -0.1) is 0 Å². The van der Waals surface area contributed by atoms with Crippen LogP contribution in [0.2, 0.25) is 0 Å². The van der Waals surface area contributed by atoms with E-state index in [-0.39, 0.29) is 5.78 Å². The SMILES string of the molecule is O=C1C(=Cc2ccccc2)N(Cc2ccccc2)Cc2ccccc21. The first-order valence-electron chi connectivity index (χ1n) is 8.49. The molecule has 1 aliphatic rings. The highest BCUT2D eigenvalue weighted by molar-refractivity contribution is 6.12. The molecule has 2 heteroatoms. The zero-order valence-corrected chi connectivity index (χ0v) is 13.9. The summed E-state index contributed by atoms with van der Waals surface area (Å²) in [7, 11) is 0. The topological polar surface area (TPSA) is 20.3 Å². The Labute approximate surface area is 148 Å². The van der Waals surface area contributed by atoms with E-state index in [2.05, 4.69) is 17.0 Å². The lowest BCUT2D eigenvalue weighted by Crippen LogP contribution is -2.32. The van der Waals surface area contributed by atoms with Crippen LogP contribution in [0, 0.1) is 0 Å². The second kappa shape index (κ2) is 6.78. The van der Waals surface area contributed by atoms with E-state index in [0.29, 0.717) is 0 Å². The van der Waals surface area contributed by atoms with E-state index in [1.54, 1.807) is 0 Å². The molecule has 0 atom stereocenters. The Morgan fingerprint density at radius 2 is 1.44 bits per heavy atom. The number of fused-ring (bicyclic) bond motifs is 1. The molecule has 0 saturated heterocycles. The van der Waals surface area contributed by atoms with Gasteiger partial charge in [-0.1, -0.05) is 84.9 Å². The fraction of sp³-hybridized carbons (Fsp3) is 0.0870. The first-order chi connectivity index (χ1) is 12.3. The summed E-state index contributed by atoms with van der Waals surface area (Å²) in [4.78, 5) is 15.3. The van der Waals surface area contributed by atoms with E-state index >= 15 is 0 Å². The van der Waals surface area contributed by atoms with Crippen molar-refractivity contribution in [3.63, 3.8) is 0 Å². The van der Waals surface area contributed by atoms with Crippen LogP contribution >= 0.6 is 0 Å². The van der Waals surface area contributed by atoms with Crippen molar-refractivity contribution in [1.82, 2.24) is 4.90 Å². The summed E-state index contributed by atoms with van der Waals surface area (Å²) in [5.41, 5.74) is 4.91. The lowest BCUT2D eigenvalue weighted by molar-refractivity contribution is 0.0970. The lowest BCUT2D eigenvalue weighted by atomic mass is 9.94. The summed E-state index contributed by atoms with van der Waals surface area (Å²) >= 11 is 0. The van der Waals surface area contributed by atoms with Crippen molar-refractivity contribution >= 4 is 11.9 Å². The largest absolute Gasteiger partial charge is 0.360 e. The molecule has 0 N–H and O–H groups in total. The third-order valence-corrected chi connectivity index (χ3v) is 4.52. The quantitative estimate of drug-likeness (QED) is 0.637. The molecule has 1 heterocycles. The molecule has 0 unspecified atom stereocenters. The molecule has 25 heavy (non-hydrogen) atoms. The van der Waals surface area contributed by atoms with Crippen molar-refractivity contribution < 1.29 is 4.79 Å². The molecule has 3 aromatic carbocycles. The van der Waals surface area contributed by atoms with Crippen LogP contribution in [0.1, 0.15) is 27.0 Å². The molecular formula is C23H19NO. The molecule has 0 aromatic heterocycles. The van der Waals surface area contributed by atoms with Crippen LogP contribution in [-0.4, -0.2) is 10.7 Å². The molecule has 0 saturated carbocycles. The van der Waals surface area contributed by atoms with E-state index in [1.807, 2.05) is 78.9 Å². The number of carbonyl (C=O) groups is 1. The van der Waals surface area contributed by atoms with Gasteiger partial charge in [0.15, 0.2) is 0 Å². The van der Waals surface area contributed by atoms with Gasteiger partial charge in [0.2, 0.25) is 5.78 Å². The summed E-state index contributed by atoms with van der Waals surface area (Å²) in [6.45, 7) is 1.47. The van der Waals surface area contributed by atoms with Crippen LogP contribution in [0.3, 0.4) is 0 Å². The number of hydrogen-bond donors (Lipinski definition) is 0. The third-order valence-electron chi connectivity index (χ3n) is 4.52. The Kier molecular flexibility index (Phi) is 4.17. The highest BCUT2D eigenvalue weighted by Gasteiger charge is 2.27. The number of allylic oxidation sites excluding steroid dienone is 1. The number of nitrogens with zero attached hydrogens (tertiary/aromatic N) is 1. The van der Waals surface area contributed by atoms with Crippen molar-refractivity contribution in [3.8, 4) is 0 Å². The summed E-state index contributed by atoms with van der Waals surface area (Å²) in [6, 6.07) is 28.2. The van der Waals surface area contributed by atoms with Crippen molar-refractivity contribution in [1.29, 1.82) is 0 Å². The minimum Gasteiger partial charge on any atom is -0.360 e. The molecule has 0 fully saturated rings. The van der Waals surface area contributed by atoms with Gasteiger partial charge >= 0.3 is 0 Å². The lowest BCUT2D eigenvalue weighted by Gasteiger charge is -2.32. The average Bonchev–Trinajstić information content (AvgIpc) is 2.67. The predicted octanol–water partition coefficient (Wildman–Crippen LogP) is 4.93. The van der Waals surface area contributed by atoms with Crippen LogP contribution in [0.15, 0.2) is 90.6 Å². The van der Waals surface area contributed by atoms with Gasteiger partial charge in [0.05, 0.1) is 5.70 Å². The Bertz CT molecular complexity index is 913. The number of benzene rings is 3. The van der Waals surface area contributed by atoms with Gasteiger partial charge in [0, 0.05) is 18.7 Å². The predicted molar refractivity (Wildman–Crippen MR) is 101 cm³/mol. The Morgan fingerprint density at radius 1 is 0.800 bits per heavy atom. The first-order valence-corrected chi connectivity index (χ1v) is 8.49. The summed E-state index contributed by atoms with van der Waals surface area (Å²) < 4.78 is 0. The third kappa shape index (κ3) is 3.24. The van der Waals surface area contributed by atoms with E-state index in [1.165, 1.54) is 5.56 Å². The van der Waals surface area contributed by atoms with E-state index in [4.69, 9.17) is 0 Å². The van der Waals surface area contributed by atoms with Gasteiger partial charge in [-0.3, -0.25) is 4.79 Å². The van der Waals surface area contributed by atoms with Crippen LogP contribution in [0.5, 0.6) is 0 Å². The second-order valence-electron chi connectivity index (χ2n) is 6.27. The van der Waals surface area contributed by atoms with Crippen molar-refractivity contribution in [2.75, 3.05) is 0 Å². The van der Waals surface area contributed by atoms with Crippen LogP contribution in [-0.2, 0) is 13.1 Å². The van der Waals surface area contributed by atoms with Crippen LogP contribution in [0.4, 0.5) is 0 Å². The maximum absolute atomic E-state index is 13.1. The van der Waals surface area contributed by atoms with Gasteiger partial charge < -0.3 is 4.90 Å². The summed E-state index contributed by atoms with van der Waals surface area (Å²) in [5, 5.41) is 0. The van der Waals surface area contributed by atoms with Gasteiger partial charge in [-0.25, -0.2) is 0 Å². The van der Waals surface area contributed by atoms with Crippen LogP contribution < -0.4 is 0 Å². The van der Waals surface area contributed by atoms with Crippen molar-refractivity contribution in [3.05, 3.63) is 113 Å². The molecular weight excluding hydrogens is 306 g/mol. The fourth-order valence-electron chi connectivity index (χ4n) is 3.26. The molecule has 0 bridgehead atoms. The van der Waals surface area contributed by atoms with Crippen molar-refractivity contribution in [2.24, 2.45) is 0 Å². The smallest absolute Gasteiger partial charge is 0.209 e. The molecule has 4 rings (SSSR count). The average molecular weight is 325 g/mol. The monoisotopic (exact) mass is 325 g/mol.